The minimum absolute atomic E-state index is 0.153. The molecule has 1 heterocycles. The molecule has 0 fully saturated rings. The Balaban J connectivity index is 1.86. The molecule has 0 saturated heterocycles. The molecule has 0 bridgehead atoms. The number of methoxy groups -OCH3 is 1. The van der Waals surface area contributed by atoms with Gasteiger partial charge in [0.2, 0.25) is 0 Å². The van der Waals surface area contributed by atoms with Crippen molar-refractivity contribution in [2.75, 3.05) is 26.8 Å². The molecule has 18 heavy (non-hydrogen) atoms. The fraction of sp³-hybridized carbons (Fsp3) is 0.429. The zero-order valence-corrected chi connectivity index (χ0v) is 10.7. The van der Waals surface area contributed by atoms with Crippen molar-refractivity contribution >= 4 is 10.9 Å². The van der Waals surface area contributed by atoms with Crippen LogP contribution >= 0.6 is 0 Å². The lowest BCUT2D eigenvalue weighted by Crippen LogP contribution is -2.21. The van der Waals surface area contributed by atoms with E-state index in [1.807, 2.05) is 18.3 Å². The maximum absolute atomic E-state index is 13.5. The highest BCUT2D eigenvalue weighted by atomic mass is 19.1. The summed E-state index contributed by atoms with van der Waals surface area (Å²) in [5.74, 6) is -0.153. The van der Waals surface area contributed by atoms with Gasteiger partial charge < -0.3 is 14.6 Å². The van der Waals surface area contributed by atoms with Crippen molar-refractivity contribution in [2.45, 2.75) is 13.0 Å². The summed E-state index contributed by atoms with van der Waals surface area (Å²) in [6.45, 7) is 3.45. The van der Waals surface area contributed by atoms with Crippen molar-refractivity contribution in [3.63, 3.8) is 0 Å². The van der Waals surface area contributed by atoms with Gasteiger partial charge in [-0.3, -0.25) is 0 Å². The molecule has 0 spiro atoms. The van der Waals surface area contributed by atoms with Crippen LogP contribution in [-0.2, 0) is 11.3 Å². The predicted octanol–water partition coefficient (Wildman–Crippen LogP) is 2.41. The van der Waals surface area contributed by atoms with Crippen molar-refractivity contribution in [3.8, 4) is 0 Å². The number of hydrogen-bond acceptors (Lipinski definition) is 2. The quantitative estimate of drug-likeness (QED) is 0.764. The molecule has 1 aromatic heterocycles. The van der Waals surface area contributed by atoms with Crippen molar-refractivity contribution in [3.05, 3.63) is 36.3 Å². The van der Waals surface area contributed by atoms with E-state index >= 15 is 0 Å². The smallest absolute Gasteiger partial charge is 0.132 e. The number of halogens is 1. The molecule has 0 saturated carbocycles. The van der Waals surface area contributed by atoms with E-state index in [0.29, 0.717) is 5.39 Å². The molecule has 2 aromatic rings. The molecule has 2 rings (SSSR count). The highest BCUT2D eigenvalue weighted by molar-refractivity contribution is 5.80. The van der Waals surface area contributed by atoms with Gasteiger partial charge in [-0.25, -0.2) is 4.39 Å². The Bertz CT molecular complexity index is 495. The first-order valence-electron chi connectivity index (χ1n) is 6.26. The SMILES string of the molecule is COCCCNCCn1ccc2c(F)cccc21. The molecule has 0 atom stereocenters. The van der Waals surface area contributed by atoms with Crippen molar-refractivity contribution < 1.29 is 9.13 Å². The van der Waals surface area contributed by atoms with Gasteiger partial charge in [0.15, 0.2) is 0 Å². The number of ether oxygens (including phenoxy) is 1. The third-order valence-corrected chi connectivity index (χ3v) is 2.99. The monoisotopic (exact) mass is 250 g/mol. The summed E-state index contributed by atoms with van der Waals surface area (Å²) in [6.07, 6.45) is 2.95. The van der Waals surface area contributed by atoms with E-state index in [1.54, 1.807) is 13.2 Å². The lowest BCUT2D eigenvalue weighted by molar-refractivity contribution is 0.194. The minimum atomic E-state index is -0.153. The largest absolute Gasteiger partial charge is 0.385 e. The van der Waals surface area contributed by atoms with Crippen LogP contribution in [0.3, 0.4) is 0 Å². The van der Waals surface area contributed by atoms with Crippen molar-refractivity contribution in [1.29, 1.82) is 0 Å². The number of hydrogen-bond donors (Lipinski definition) is 1. The fourth-order valence-electron chi connectivity index (χ4n) is 2.05. The number of rotatable bonds is 7. The minimum Gasteiger partial charge on any atom is -0.385 e. The molecule has 0 aliphatic carbocycles. The van der Waals surface area contributed by atoms with Crippen LogP contribution in [0.25, 0.3) is 10.9 Å². The van der Waals surface area contributed by atoms with Gasteiger partial charge in [0.1, 0.15) is 5.82 Å². The van der Waals surface area contributed by atoms with Gasteiger partial charge in [-0.15, -0.1) is 0 Å². The predicted molar refractivity (Wildman–Crippen MR) is 71.3 cm³/mol. The molecule has 3 nitrogen and oxygen atoms in total. The van der Waals surface area contributed by atoms with Crippen LogP contribution in [0.1, 0.15) is 6.42 Å². The number of benzene rings is 1. The molecule has 98 valence electrons. The summed E-state index contributed by atoms with van der Waals surface area (Å²) in [6, 6.07) is 7.02. The van der Waals surface area contributed by atoms with Gasteiger partial charge in [-0.05, 0) is 31.2 Å². The Morgan fingerprint density at radius 3 is 3.00 bits per heavy atom. The standard InChI is InChI=1S/C14H19FN2O/c1-18-11-3-7-16-8-10-17-9-6-12-13(15)4-2-5-14(12)17/h2,4-6,9,16H,3,7-8,10-11H2,1H3. The lowest BCUT2D eigenvalue weighted by Gasteiger charge is -2.07. The molecular weight excluding hydrogens is 231 g/mol. The van der Waals surface area contributed by atoms with Gasteiger partial charge in [0, 0.05) is 38.4 Å². The van der Waals surface area contributed by atoms with Gasteiger partial charge in [-0.2, -0.15) is 0 Å². The molecule has 0 amide bonds. The van der Waals surface area contributed by atoms with Crippen molar-refractivity contribution in [2.24, 2.45) is 0 Å². The molecular formula is C14H19FN2O. The van der Waals surface area contributed by atoms with Crippen LogP contribution in [0.4, 0.5) is 4.39 Å². The number of nitrogens with zero attached hydrogens (tertiary/aromatic N) is 1. The molecule has 4 heteroatoms. The summed E-state index contributed by atoms with van der Waals surface area (Å²) in [5, 5.41) is 4.03. The van der Waals surface area contributed by atoms with E-state index < -0.39 is 0 Å². The molecule has 1 aromatic carbocycles. The van der Waals surface area contributed by atoms with Crippen LogP contribution < -0.4 is 5.32 Å². The van der Waals surface area contributed by atoms with Gasteiger partial charge in [-0.1, -0.05) is 6.07 Å². The summed E-state index contributed by atoms with van der Waals surface area (Å²) >= 11 is 0. The Hall–Kier alpha value is -1.39. The third kappa shape index (κ3) is 3.09. The Kier molecular flexibility index (Phi) is 4.73. The number of nitrogens with one attached hydrogen (secondary N) is 1. The van der Waals surface area contributed by atoms with Gasteiger partial charge >= 0.3 is 0 Å². The van der Waals surface area contributed by atoms with Crippen LogP contribution in [0, 0.1) is 5.82 Å². The molecule has 0 aliphatic rings. The van der Waals surface area contributed by atoms with Crippen LogP contribution in [0.2, 0.25) is 0 Å². The average molecular weight is 250 g/mol. The van der Waals surface area contributed by atoms with Gasteiger partial charge in [0.25, 0.3) is 0 Å². The number of fused-ring (bicyclic) bond motifs is 1. The third-order valence-electron chi connectivity index (χ3n) is 2.99. The first-order chi connectivity index (χ1) is 8.83. The fourth-order valence-corrected chi connectivity index (χ4v) is 2.05. The summed E-state index contributed by atoms with van der Waals surface area (Å²) < 4.78 is 20.5. The average Bonchev–Trinajstić information content (AvgIpc) is 2.79. The number of aromatic nitrogens is 1. The van der Waals surface area contributed by atoms with Gasteiger partial charge in [0.05, 0.1) is 5.52 Å². The first kappa shape index (κ1) is 13.1. The Morgan fingerprint density at radius 2 is 2.17 bits per heavy atom. The maximum Gasteiger partial charge on any atom is 0.132 e. The molecule has 0 radical (unpaired) electrons. The zero-order valence-electron chi connectivity index (χ0n) is 10.7. The first-order valence-corrected chi connectivity index (χ1v) is 6.26. The highest BCUT2D eigenvalue weighted by Gasteiger charge is 2.04. The second-order valence-corrected chi connectivity index (χ2v) is 4.28. The Labute approximate surface area is 107 Å². The Morgan fingerprint density at radius 1 is 1.28 bits per heavy atom. The summed E-state index contributed by atoms with van der Waals surface area (Å²) in [7, 11) is 1.71. The van der Waals surface area contributed by atoms with E-state index in [0.717, 1.165) is 38.2 Å². The van der Waals surface area contributed by atoms with Crippen LogP contribution in [-0.4, -0.2) is 31.4 Å². The normalized spacial score (nSPS) is 11.2. The molecule has 1 N–H and O–H groups in total. The van der Waals surface area contributed by atoms with E-state index in [-0.39, 0.29) is 5.82 Å². The summed E-state index contributed by atoms with van der Waals surface area (Å²) in [5.41, 5.74) is 0.952. The maximum atomic E-state index is 13.5. The second-order valence-electron chi connectivity index (χ2n) is 4.28. The van der Waals surface area contributed by atoms with Crippen LogP contribution in [0.5, 0.6) is 0 Å². The van der Waals surface area contributed by atoms with E-state index in [4.69, 9.17) is 4.74 Å². The molecule has 0 unspecified atom stereocenters. The highest BCUT2D eigenvalue weighted by Crippen LogP contribution is 2.18. The molecule has 0 aliphatic heterocycles. The van der Waals surface area contributed by atoms with Crippen LogP contribution in [0.15, 0.2) is 30.5 Å². The summed E-state index contributed by atoms with van der Waals surface area (Å²) in [4.78, 5) is 0. The van der Waals surface area contributed by atoms with Crippen molar-refractivity contribution in [1.82, 2.24) is 9.88 Å². The van der Waals surface area contributed by atoms with E-state index in [2.05, 4.69) is 9.88 Å². The van der Waals surface area contributed by atoms with E-state index in [9.17, 15) is 4.39 Å². The lowest BCUT2D eigenvalue weighted by atomic mass is 10.2. The second kappa shape index (κ2) is 6.52. The van der Waals surface area contributed by atoms with E-state index in [1.165, 1.54) is 6.07 Å². The zero-order chi connectivity index (χ0) is 12.8. The topological polar surface area (TPSA) is 26.2 Å².